The molecular formula is C30H36N3O7S-. The molecule has 1 unspecified atom stereocenters. The van der Waals surface area contributed by atoms with Crippen LogP contribution in [0.4, 0.5) is 0 Å². The fraction of sp³-hybridized carbons (Fsp3) is 0.500. The molecule has 10 nitrogen and oxygen atoms in total. The second kappa shape index (κ2) is 12.4. The van der Waals surface area contributed by atoms with Crippen LogP contribution in [0.2, 0.25) is 0 Å². The highest BCUT2D eigenvalue weighted by Crippen LogP contribution is 2.44. The van der Waals surface area contributed by atoms with Crippen LogP contribution in [-0.2, 0) is 27.3 Å². The van der Waals surface area contributed by atoms with Crippen LogP contribution >= 0.6 is 0 Å². The quantitative estimate of drug-likeness (QED) is 0.293. The monoisotopic (exact) mass is 582 g/mol. The Balaban J connectivity index is 1.44. The molecule has 5 rings (SSSR count). The largest absolute Gasteiger partial charge is 0.760 e. The number of fused-ring (bicyclic) bond motifs is 1. The van der Waals surface area contributed by atoms with Gasteiger partial charge in [0.25, 0.3) is 5.91 Å². The Morgan fingerprint density at radius 3 is 2.54 bits per heavy atom. The smallest absolute Gasteiger partial charge is 0.303 e. The molecule has 0 bridgehead atoms. The van der Waals surface area contributed by atoms with Crippen LogP contribution in [-0.4, -0.2) is 61.8 Å². The third-order valence-corrected chi connectivity index (χ3v) is 9.04. The van der Waals surface area contributed by atoms with Gasteiger partial charge in [-0.05, 0) is 68.4 Å². The maximum absolute atomic E-state index is 13.0. The zero-order valence-corrected chi connectivity index (χ0v) is 24.3. The molecule has 3 aromatic rings. The van der Waals surface area contributed by atoms with Crippen LogP contribution in [0.25, 0.3) is 22.4 Å². The zero-order chi connectivity index (χ0) is 29.1. The second-order valence-electron chi connectivity index (χ2n) is 11.3. The van der Waals surface area contributed by atoms with E-state index in [-0.39, 0.29) is 42.5 Å². The van der Waals surface area contributed by atoms with Crippen LogP contribution in [0.15, 0.2) is 34.7 Å². The number of carbonyl (C=O) groups excluding carboxylic acids is 1. The topological polar surface area (TPSA) is 145 Å². The highest BCUT2D eigenvalue weighted by Gasteiger charge is 2.35. The molecule has 1 saturated heterocycles. The summed E-state index contributed by atoms with van der Waals surface area (Å²) in [6, 6.07) is 9.65. The molecule has 1 aliphatic carbocycles. The Morgan fingerprint density at radius 1 is 1.22 bits per heavy atom. The maximum Gasteiger partial charge on any atom is 0.303 e. The summed E-state index contributed by atoms with van der Waals surface area (Å²) in [5.41, 5.74) is 3.71. The molecule has 3 heterocycles. The van der Waals surface area contributed by atoms with Gasteiger partial charge in [-0.3, -0.25) is 13.8 Å². The number of carboxylic acids is 1. The minimum absolute atomic E-state index is 0.0519. The van der Waals surface area contributed by atoms with Gasteiger partial charge in [0.2, 0.25) is 5.71 Å². The lowest BCUT2D eigenvalue weighted by Gasteiger charge is -2.36. The van der Waals surface area contributed by atoms with Gasteiger partial charge in [0.15, 0.2) is 0 Å². The average Bonchev–Trinajstić information content (AvgIpc) is 3.72. The summed E-state index contributed by atoms with van der Waals surface area (Å²) < 4.78 is 37.6. The van der Waals surface area contributed by atoms with Gasteiger partial charge >= 0.3 is 5.97 Å². The molecule has 2 aromatic heterocycles. The molecule has 1 atom stereocenters. The molecule has 2 N–H and O–H groups in total. The van der Waals surface area contributed by atoms with Crippen molar-refractivity contribution in [1.29, 1.82) is 0 Å². The Kier molecular flexibility index (Phi) is 8.88. The standard InChI is InChI=1S/C30H37N3O7S/c1-19-4-6-21(7-5-19)27-26(28(36)31-2)23-16-22(20-8-9-20)24(32-29(23)40-27)18-33(41(37)38)13-3-10-30(17-25(34)35)11-14-39-15-12-30/h4-7,16,20H,3,8-15,17-18H2,1-2H3,(H,31,36)(H,34,35)(H,37,38)/p-1. The molecule has 1 aliphatic heterocycles. The number of amides is 1. The number of aryl methyl sites for hydroxylation is 1. The number of benzene rings is 1. The molecule has 41 heavy (non-hydrogen) atoms. The van der Waals surface area contributed by atoms with Crippen molar-refractivity contribution in [3.8, 4) is 11.3 Å². The van der Waals surface area contributed by atoms with E-state index in [0.717, 1.165) is 29.5 Å². The Bertz CT molecular complexity index is 1440. The van der Waals surface area contributed by atoms with Crippen molar-refractivity contribution in [3.05, 3.63) is 52.7 Å². The second-order valence-corrected chi connectivity index (χ2v) is 12.2. The van der Waals surface area contributed by atoms with Crippen molar-refractivity contribution >= 4 is 34.2 Å². The van der Waals surface area contributed by atoms with E-state index in [1.54, 1.807) is 7.05 Å². The number of pyridine rings is 1. The van der Waals surface area contributed by atoms with Gasteiger partial charge in [-0.1, -0.05) is 29.8 Å². The van der Waals surface area contributed by atoms with Crippen molar-refractivity contribution < 1.29 is 32.6 Å². The summed E-state index contributed by atoms with van der Waals surface area (Å²) in [7, 11) is 1.58. The van der Waals surface area contributed by atoms with E-state index in [4.69, 9.17) is 14.1 Å². The highest BCUT2D eigenvalue weighted by molar-refractivity contribution is 7.76. The van der Waals surface area contributed by atoms with Crippen molar-refractivity contribution in [2.75, 3.05) is 26.8 Å². The fourth-order valence-corrected chi connectivity index (χ4v) is 6.36. The molecule has 0 spiro atoms. The molecular weight excluding hydrogens is 546 g/mol. The number of ether oxygens (including phenoxy) is 1. The molecule has 1 aromatic carbocycles. The minimum atomic E-state index is -2.50. The summed E-state index contributed by atoms with van der Waals surface area (Å²) in [5.74, 6) is -0.445. The third kappa shape index (κ3) is 6.69. The van der Waals surface area contributed by atoms with Crippen LogP contribution in [0.3, 0.4) is 0 Å². The first-order chi connectivity index (χ1) is 19.7. The van der Waals surface area contributed by atoms with Gasteiger partial charge in [0.05, 0.1) is 29.6 Å². The molecule has 1 saturated carbocycles. The minimum Gasteiger partial charge on any atom is -0.760 e. The summed E-state index contributed by atoms with van der Waals surface area (Å²) in [4.78, 5) is 29.3. The predicted molar refractivity (Wildman–Crippen MR) is 153 cm³/mol. The van der Waals surface area contributed by atoms with E-state index in [1.165, 1.54) is 4.31 Å². The molecule has 11 heteroatoms. The van der Waals surface area contributed by atoms with E-state index < -0.39 is 17.2 Å². The SMILES string of the molecule is CNC(=O)c1c(-c2ccc(C)cc2)oc2nc(CN(CCCC3(CC(=O)O)CCOCC3)S(=O)[O-])c(C3CC3)cc12. The van der Waals surface area contributed by atoms with E-state index >= 15 is 0 Å². The number of nitrogens with zero attached hydrogens (tertiary/aromatic N) is 2. The lowest BCUT2D eigenvalue weighted by molar-refractivity contribution is -0.141. The van der Waals surface area contributed by atoms with Crippen LogP contribution in [0.5, 0.6) is 0 Å². The number of carboxylic acid groups (broad SMARTS) is 1. The number of aromatic nitrogens is 1. The predicted octanol–water partition coefficient (Wildman–Crippen LogP) is 4.69. The number of hydrogen-bond acceptors (Lipinski definition) is 7. The van der Waals surface area contributed by atoms with E-state index in [0.29, 0.717) is 61.3 Å². The summed E-state index contributed by atoms with van der Waals surface area (Å²) in [6.07, 6.45) is 4.43. The van der Waals surface area contributed by atoms with Gasteiger partial charge in [-0.25, -0.2) is 9.29 Å². The maximum atomic E-state index is 13.0. The van der Waals surface area contributed by atoms with Crippen molar-refractivity contribution in [3.63, 3.8) is 0 Å². The first-order valence-electron chi connectivity index (χ1n) is 14.1. The Labute approximate surface area is 241 Å². The highest BCUT2D eigenvalue weighted by atomic mass is 32.2. The Hall–Kier alpha value is -3.12. The molecule has 0 radical (unpaired) electrons. The number of hydrogen-bond donors (Lipinski definition) is 2. The van der Waals surface area contributed by atoms with Crippen molar-refractivity contribution in [2.24, 2.45) is 5.41 Å². The van der Waals surface area contributed by atoms with Gasteiger partial charge < -0.3 is 24.1 Å². The van der Waals surface area contributed by atoms with Gasteiger partial charge in [-0.15, -0.1) is 0 Å². The number of rotatable bonds is 12. The number of nitrogens with one attached hydrogen (secondary N) is 1. The van der Waals surface area contributed by atoms with Crippen LogP contribution in [0, 0.1) is 12.3 Å². The van der Waals surface area contributed by atoms with Gasteiger partial charge in [-0.2, -0.15) is 0 Å². The van der Waals surface area contributed by atoms with Gasteiger partial charge in [0.1, 0.15) is 5.76 Å². The average molecular weight is 583 g/mol. The fourth-order valence-electron chi connectivity index (χ4n) is 5.85. The number of carbonyl (C=O) groups is 2. The first kappa shape index (κ1) is 29.4. The molecule has 2 fully saturated rings. The van der Waals surface area contributed by atoms with Crippen molar-refractivity contribution in [2.45, 2.75) is 64.3 Å². The lowest BCUT2D eigenvalue weighted by atomic mass is 9.74. The first-order valence-corrected chi connectivity index (χ1v) is 15.1. The number of furan rings is 1. The normalized spacial score (nSPS) is 17.6. The Morgan fingerprint density at radius 2 is 1.93 bits per heavy atom. The molecule has 1 amide bonds. The molecule has 2 aliphatic rings. The zero-order valence-electron chi connectivity index (χ0n) is 23.4. The summed E-state index contributed by atoms with van der Waals surface area (Å²) in [5, 5.41) is 12.8. The summed E-state index contributed by atoms with van der Waals surface area (Å²) in [6.45, 7) is 3.34. The lowest BCUT2D eigenvalue weighted by Crippen LogP contribution is -2.34. The third-order valence-electron chi connectivity index (χ3n) is 8.31. The molecule has 220 valence electrons. The van der Waals surface area contributed by atoms with E-state index in [1.807, 2.05) is 37.3 Å². The van der Waals surface area contributed by atoms with Crippen LogP contribution < -0.4 is 5.32 Å². The van der Waals surface area contributed by atoms with E-state index in [9.17, 15) is 23.5 Å². The summed E-state index contributed by atoms with van der Waals surface area (Å²) >= 11 is -2.50. The van der Waals surface area contributed by atoms with E-state index in [2.05, 4.69) is 5.32 Å². The van der Waals surface area contributed by atoms with Crippen molar-refractivity contribution in [1.82, 2.24) is 14.6 Å². The van der Waals surface area contributed by atoms with Gasteiger partial charge in [0, 0.05) is 43.6 Å². The number of aliphatic carboxylic acids is 1. The van der Waals surface area contributed by atoms with Crippen LogP contribution in [0.1, 0.15) is 78.0 Å².